The number of aromatic nitrogens is 1. The molecule has 0 bridgehead atoms. The number of anilines is 1. The van der Waals surface area contributed by atoms with Gasteiger partial charge in [-0.2, -0.15) is 0 Å². The number of carbonyl (C=O) groups is 1. The number of aryl methyl sites for hydroxylation is 2. The van der Waals surface area contributed by atoms with Crippen LogP contribution in [0.2, 0.25) is 0 Å². The molecule has 140 valence electrons. The van der Waals surface area contributed by atoms with Crippen molar-refractivity contribution < 1.29 is 13.2 Å². The highest BCUT2D eigenvalue weighted by Gasteiger charge is 2.19. The summed E-state index contributed by atoms with van der Waals surface area (Å²) in [6, 6.07) is 14.2. The second kappa shape index (κ2) is 7.04. The molecule has 0 aliphatic rings. The number of carbonyl (C=O) groups excluding carboxylic acids is 1. The summed E-state index contributed by atoms with van der Waals surface area (Å²) in [6.07, 6.45) is 2.97. The summed E-state index contributed by atoms with van der Waals surface area (Å²) in [4.78, 5) is 13.0. The third-order valence-corrected chi connectivity index (χ3v) is 5.75. The molecule has 3 rings (SSSR count). The van der Waals surface area contributed by atoms with Gasteiger partial charge in [0.05, 0.1) is 16.2 Å². The third-order valence-electron chi connectivity index (χ3n) is 4.62. The Kier molecular flexibility index (Phi) is 4.93. The molecule has 0 unspecified atom stereocenters. The summed E-state index contributed by atoms with van der Waals surface area (Å²) in [7, 11) is -1.34. The molecule has 27 heavy (non-hydrogen) atoms. The summed E-state index contributed by atoms with van der Waals surface area (Å²) >= 11 is 0. The summed E-state index contributed by atoms with van der Waals surface area (Å²) in [5, 5.41) is 2.84. The smallest absolute Gasteiger partial charge is 0.257 e. The van der Waals surface area contributed by atoms with Gasteiger partial charge in [-0.3, -0.25) is 4.79 Å². The van der Waals surface area contributed by atoms with Crippen molar-refractivity contribution in [1.29, 1.82) is 0 Å². The van der Waals surface area contributed by atoms with Crippen molar-refractivity contribution in [1.82, 2.24) is 4.57 Å². The first-order valence-corrected chi connectivity index (χ1v) is 10.4. The van der Waals surface area contributed by atoms with E-state index in [-0.39, 0.29) is 10.8 Å². The van der Waals surface area contributed by atoms with Gasteiger partial charge in [-0.05, 0) is 49.2 Å². The number of amides is 1. The molecule has 5 nitrogen and oxygen atoms in total. The molecule has 0 saturated heterocycles. The lowest BCUT2D eigenvalue weighted by atomic mass is 10.0. The Hall–Kier alpha value is -2.86. The second-order valence-corrected chi connectivity index (χ2v) is 8.71. The van der Waals surface area contributed by atoms with Gasteiger partial charge in [-0.25, -0.2) is 8.42 Å². The number of nitrogens with one attached hydrogen (secondary N) is 1. The first-order chi connectivity index (χ1) is 12.7. The number of benzene rings is 2. The van der Waals surface area contributed by atoms with Crippen molar-refractivity contribution in [3.05, 3.63) is 71.4 Å². The molecule has 3 aromatic rings. The van der Waals surface area contributed by atoms with Crippen molar-refractivity contribution in [3.63, 3.8) is 0 Å². The van der Waals surface area contributed by atoms with Crippen molar-refractivity contribution in [2.75, 3.05) is 11.6 Å². The Morgan fingerprint density at radius 3 is 2.22 bits per heavy atom. The number of sulfone groups is 1. The van der Waals surface area contributed by atoms with Crippen molar-refractivity contribution in [2.24, 2.45) is 7.05 Å². The zero-order valence-corrected chi connectivity index (χ0v) is 16.6. The zero-order valence-electron chi connectivity index (χ0n) is 15.8. The summed E-state index contributed by atoms with van der Waals surface area (Å²) < 4.78 is 25.0. The van der Waals surface area contributed by atoms with Gasteiger partial charge in [-0.15, -0.1) is 0 Å². The average Bonchev–Trinajstić information content (AvgIpc) is 2.90. The number of hydrogen-bond acceptors (Lipinski definition) is 3. The van der Waals surface area contributed by atoms with E-state index in [1.54, 1.807) is 12.1 Å². The number of hydrogen-bond donors (Lipinski definition) is 1. The van der Waals surface area contributed by atoms with Crippen LogP contribution in [-0.4, -0.2) is 25.1 Å². The minimum absolute atomic E-state index is 0.221. The van der Waals surface area contributed by atoms with Gasteiger partial charge in [0.2, 0.25) is 0 Å². The first-order valence-electron chi connectivity index (χ1n) is 8.52. The van der Waals surface area contributed by atoms with Gasteiger partial charge in [0.15, 0.2) is 9.84 Å². The lowest BCUT2D eigenvalue weighted by Gasteiger charge is -2.09. The van der Waals surface area contributed by atoms with Gasteiger partial charge in [0, 0.05) is 30.8 Å². The van der Waals surface area contributed by atoms with E-state index < -0.39 is 9.84 Å². The highest BCUT2D eigenvalue weighted by atomic mass is 32.2. The Balaban J connectivity index is 1.90. The van der Waals surface area contributed by atoms with E-state index in [1.807, 2.05) is 55.9 Å². The fourth-order valence-corrected chi connectivity index (χ4v) is 3.82. The molecule has 1 amide bonds. The molecule has 1 aromatic heterocycles. The van der Waals surface area contributed by atoms with E-state index >= 15 is 0 Å². The van der Waals surface area contributed by atoms with Crippen LogP contribution in [0.3, 0.4) is 0 Å². The number of rotatable bonds is 4. The molecule has 6 heteroatoms. The SMILES string of the molecule is Cc1ccccc1-c1c(C)c(C(=O)Nc2ccc(S(C)(=O)=O)cc2)cn1C. The Morgan fingerprint density at radius 2 is 1.63 bits per heavy atom. The summed E-state index contributed by atoms with van der Waals surface area (Å²) in [5.74, 6) is -0.227. The van der Waals surface area contributed by atoms with Crippen LogP contribution in [-0.2, 0) is 16.9 Å². The standard InChI is InChI=1S/C21H22N2O3S/c1-14-7-5-6-8-18(14)20-15(2)19(13-23(20)3)21(24)22-16-9-11-17(12-10-16)27(4,25)26/h5-13H,1-4H3,(H,22,24). The third kappa shape index (κ3) is 3.80. The molecule has 0 spiro atoms. The first kappa shape index (κ1) is 18.9. The van der Waals surface area contributed by atoms with Crippen LogP contribution >= 0.6 is 0 Å². The molecule has 0 atom stereocenters. The largest absolute Gasteiger partial charge is 0.350 e. The van der Waals surface area contributed by atoms with Crippen LogP contribution in [0.5, 0.6) is 0 Å². The van der Waals surface area contributed by atoms with E-state index in [9.17, 15) is 13.2 Å². The van der Waals surface area contributed by atoms with Crippen LogP contribution in [0, 0.1) is 13.8 Å². The molecule has 0 fully saturated rings. The molecular formula is C21H22N2O3S. The minimum Gasteiger partial charge on any atom is -0.350 e. The van der Waals surface area contributed by atoms with Crippen molar-refractivity contribution in [3.8, 4) is 11.3 Å². The topological polar surface area (TPSA) is 68.2 Å². The van der Waals surface area contributed by atoms with Crippen LogP contribution in [0.1, 0.15) is 21.5 Å². The van der Waals surface area contributed by atoms with E-state index in [0.29, 0.717) is 11.3 Å². The van der Waals surface area contributed by atoms with Gasteiger partial charge >= 0.3 is 0 Å². The predicted molar refractivity (Wildman–Crippen MR) is 108 cm³/mol. The zero-order chi connectivity index (χ0) is 19.8. The van der Waals surface area contributed by atoms with E-state index in [0.717, 1.165) is 28.6 Å². The van der Waals surface area contributed by atoms with E-state index in [2.05, 4.69) is 5.32 Å². The van der Waals surface area contributed by atoms with Gasteiger partial charge < -0.3 is 9.88 Å². The maximum absolute atomic E-state index is 12.8. The summed E-state index contributed by atoms with van der Waals surface area (Å²) in [6.45, 7) is 3.98. The molecule has 2 aromatic carbocycles. The average molecular weight is 382 g/mol. The van der Waals surface area contributed by atoms with E-state index in [4.69, 9.17) is 0 Å². The fraction of sp³-hybridized carbons (Fsp3) is 0.190. The molecule has 0 radical (unpaired) electrons. The van der Waals surface area contributed by atoms with Crippen LogP contribution in [0.4, 0.5) is 5.69 Å². The Bertz CT molecular complexity index is 1110. The fourth-order valence-electron chi connectivity index (χ4n) is 3.19. The van der Waals surface area contributed by atoms with Gasteiger partial charge in [0.1, 0.15) is 0 Å². The van der Waals surface area contributed by atoms with Crippen molar-refractivity contribution in [2.45, 2.75) is 18.7 Å². The predicted octanol–water partition coefficient (Wildman–Crippen LogP) is 3.96. The number of nitrogens with zero attached hydrogens (tertiary/aromatic N) is 1. The normalized spacial score (nSPS) is 11.4. The molecule has 0 aliphatic carbocycles. The lowest BCUT2D eigenvalue weighted by Crippen LogP contribution is -2.12. The Morgan fingerprint density at radius 1 is 1.00 bits per heavy atom. The molecule has 1 heterocycles. The molecule has 0 aliphatic heterocycles. The monoisotopic (exact) mass is 382 g/mol. The van der Waals surface area contributed by atoms with Crippen LogP contribution < -0.4 is 5.32 Å². The van der Waals surface area contributed by atoms with Gasteiger partial charge in [-0.1, -0.05) is 24.3 Å². The minimum atomic E-state index is -3.26. The highest BCUT2D eigenvalue weighted by Crippen LogP contribution is 2.30. The lowest BCUT2D eigenvalue weighted by molar-refractivity contribution is 0.102. The molecule has 1 N–H and O–H groups in total. The second-order valence-electron chi connectivity index (χ2n) is 6.69. The van der Waals surface area contributed by atoms with Gasteiger partial charge in [0.25, 0.3) is 5.91 Å². The van der Waals surface area contributed by atoms with Crippen LogP contribution in [0.25, 0.3) is 11.3 Å². The molecular weight excluding hydrogens is 360 g/mol. The highest BCUT2D eigenvalue weighted by molar-refractivity contribution is 7.90. The maximum atomic E-state index is 12.8. The quantitative estimate of drug-likeness (QED) is 0.742. The van der Waals surface area contributed by atoms with Crippen LogP contribution in [0.15, 0.2) is 59.6 Å². The summed E-state index contributed by atoms with van der Waals surface area (Å²) in [5.41, 5.74) is 5.28. The Labute approximate surface area is 159 Å². The molecule has 0 saturated carbocycles. The maximum Gasteiger partial charge on any atom is 0.257 e. The van der Waals surface area contributed by atoms with E-state index in [1.165, 1.54) is 12.1 Å². The van der Waals surface area contributed by atoms with Crippen molar-refractivity contribution >= 4 is 21.4 Å².